The summed E-state index contributed by atoms with van der Waals surface area (Å²) in [7, 11) is -7.00. The van der Waals surface area contributed by atoms with Gasteiger partial charge in [-0.3, -0.25) is 0 Å². The molecule has 2 saturated heterocycles. The molecule has 5 nitrogen and oxygen atoms in total. The molecule has 1 aromatic heterocycles. The standard InChI is InChI=1S/C19H23NO4S3/c1-2-16-10-11-19(25-16)27(23,24)20-14-8-9-15(20)13-18(12-14)26(21,22)17-6-4-3-5-7-17/h3-7,10-11,14-15,18H,2,8-9,12-13H2,1H3/t14-,15-/m0/s1. The summed E-state index contributed by atoms with van der Waals surface area (Å²) in [6, 6.07) is 11.6. The largest absolute Gasteiger partial charge is 0.253 e. The quantitative estimate of drug-likeness (QED) is 0.735. The maximum atomic E-state index is 13.2. The number of sulfonamides is 1. The van der Waals surface area contributed by atoms with Gasteiger partial charge in [0.25, 0.3) is 10.0 Å². The van der Waals surface area contributed by atoms with Crippen molar-refractivity contribution in [1.82, 2.24) is 4.31 Å². The van der Waals surface area contributed by atoms with Gasteiger partial charge in [0.1, 0.15) is 4.21 Å². The summed E-state index contributed by atoms with van der Waals surface area (Å²) < 4.78 is 54.4. The molecule has 0 spiro atoms. The Labute approximate surface area is 165 Å². The second-order valence-electron chi connectivity index (χ2n) is 7.25. The molecule has 146 valence electrons. The van der Waals surface area contributed by atoms with E-state index in [1.807, 2.05) is 13.0 Å². The van der Waals surface area contributed by atoms with E-state index in [0.29, 0.717) is 21.9 Å². The first kappa shape index (κ1) is 19.1. The fourth-order valence-electron chi connectivity index (χ4n) is 4.32. The molecule has 2 fully saturated rings. The predicted octanol–water partition coefficient (Wildman–Crippen LogP) is 3.47. The molecule has 4 rings (SSSR count). The van der Waals surface area contributed by atoms with Crippen LogP contribution in [0.5, 0.6) is 0 Å². The van der Waals surface area contributed by atoms with Gasteiger partial charge in [-0.2, -0.15) is 4.31 Å². The van der Waals surface area contributed by atoms with Crippen LogP contribution in [0.1, 0.15) is 37.5 Å². The van der Waals surface area contributed by atoms with E-state index in [9.17, 15) is 16.8 Å². The minimum Gasteiger partial charge on any atom is -0.223 e. The molecule has 2 aliphatic rings. The predicted molar refractivity (Wildman–Crippen MR) is 106 cm³/mol. The van der Waals surface area contributed by atoms with Gasteiger partial charge in [-0.05, 0) is 56.4 Å². The minimum atomic E-state index is -3.56. The van der Waals surface area contributed by atoms with Gasteiger partial charge in [-0.1, -0.05) is 25.1 Å². The van der Waals surface area contributed by atoms with Crippen LogP contribution in [-0.4, -0.2) is 38.5 Å². The molecule has 2 atom stereocenters. The molecule has 1 aromatic carbocycles. The lowest BCUT2D eigenvalue weighted by atomic mass is 10.1. The lowest BCUT2D eigenvalue weighted by Crippen LogP contribution is -2.49. The van der Waals surface area contributed by atoms with Crippen molar-refractivity contribution in [1.29, 1.82) is 0 Å². The highest BCUT2D eigenvalue weighted by atomic mass is 32.2. The average Bonchev–Trinajstić information content (AvgIpc) is 3.26. The van der Waals surface area contributed by atoms with Crippen molar-refractivity contribution >= 4 is 31.2 Å². The van der Waals surface area contributed by atoms with E-state index >= 15 is 0 Å². The third-order valence-electron chi connectivity index (χ3n) is 5.65. The molecule has 2 aliphatic heterocycles. The molecule has 8 heteroatoms. The first-order chi connectivity index (χ1) is 12.8. The molecule has 0 amide bonds. The monoisotopic (exact) mass is 425 g/mol. The molecular formula is C19H23NO4S3. The van der Waals surface area contributed by atoms with Crippen LogP contribution in [0.4, 0.5) is 0 Å². The van der Waals surface area contributed by atoms with Gasteiger partial charge in [-0.15, -0.1) is 11.3 Å². The number of benzene rings is 1. The topological polar surface area (TPSA) is 71.5 Å². The summed E-state index contributed by atoms with van der Waals surface area (Å²) in [6.45, 7) is 2.01. The van der Waals surface area contributed by atoms with Gasteiger partial charge >= 0.3 is 0 Å². The van der Waals surface area contributed by atoms with Gasteiger partial charge in [0.15, 0.2) is 9.84 Å². The van der Waals surface area contributed by atoms with E-state index < -0.39 is 25.1 Å². The van der Waals surface area contributed by atoms with Gasteiger partial charge < -0.3 is 0 Å². The first-order valence-corrected chi connectivity index (χ1v) is 13.1. The molecule has 0 saturated carbocycles. The van der Waals surface area contributed by atoms with Crippen molar-refractivity contribution in [2.75, 3.05) is 0 Å². The van der Waals surface area contributed by atoms with E-state index in [1.165, 1.54) is 11.3 Å². The van der Waals surface area contributed by atoms with Crippen LogP contribution >= 0.6 is 11.3 Å². The van der Waals surface area contributed by atoms with Gasteiger partial charge in [0.05, 0.1) is 10.1 Å². The number of rotatable bonds is 5. The molecule has 0 unspecified atom stereocenters. The molecule has 2 aromatic rings. The first-order valence-electron chi connectivity index (χ1n) is 9.25. The second kappa shape index (κ2) is 6.99. The lowest BCUT2D eigenvalue weighted by Gasteiger charge is -2.37. The fourth-order valence-corrected chi connectivity index (χ4v) is 9.49. The maximum absolute atomic E-state index is 13.2. The number of piperidine rings is 1. The summed E-state index contributed by atoms with van der Waals surface area (Å²) in [6.07, 6.45) is 3.02. The highest BCUT2D eigenvalue weighted by Crippen LogP contribution is 2.43. The SMILES string of the molecule is CCc1ccc(S(=O)(=O)N2[C@H]3CC[C@H]2CC(S(=O)(=O)c2ccccc2)C3)s1. The maximum Gasteiger partial charge on any atom is 0.253 e. The van der Waals surface area contributed by atoms with E-state index in [4.69, 9.17) is 0 Å². The third-order valence-corrected chi connectivity index (χ3v) is 11.5. The number of hydrogen-bond donors (Lipinski definition) is 0. The molecule has 2 bridgehead atoms. The number of nitrogens with zero attached hydrogens (tertiary/aromatic N) is 1. The van der Waals surface area contributed by atoms with Gasteiger partial charge in [-0.25, -0.2) is 16.8 Å². The van der Waals surface area contributed by atoms with Crippen LogP contribution in [0.3, 0.4) is 0 Å². The van der Waals surface area contributed by atoms with Gasteiger partial charge in [0, 0.05) is 17.0 Å². The smallest absolute Gasteiger partial charge is 0.223 e. The van der Waals surface area contributed by atoms with Crippen LogP contribution in [-0.2, 0) is 26.3 Å². The number of fused-ring (bicyclic) bond motifs is 2. The van der Waals surface area contributed by atoms with Crippen molar-refractivity contribution in [2.24, 2.45) is 0 Å². The number of sulfone groups is 1. The van der Waals surface area contributed by atoms with Crippen molar-refractivity contribution in [3.05, 3.63) is 47.3 Å². The molecule has 0 N–H and O–H groups in total. The van der Waals surface area contributed by atoms with Crippen LogP contribution in [0.25, 0.3) is 0 Å². The summed E-state index contributed by atoms with van der Waals surface area (Å²) in [4.78, 5) is 1.37. The molecule has 0 aliphatic carbocycles. The fraction of sp³-hybridized carbons (Fsp3) is 0.474. The van der Waals surface area contributed by atoms with E-state index in [0.717, 1.165) is 24.1 Å². The van der Waals surface area contributed by atoms with Crippen molar-refractivity contribution in [2.45, 2.75) is 65.5 Å². The third kappa shape index (κ3) is 3.26. The number of hydrogen-bond acceptors (Lipinski definition) is 5. The number of aryl methyl sites for hydroxylation is 1. The van der Waals surface area contributed by atoms with E-state index in [2.05, 4.69) is 0 Å². The Hall–Kier alpha value is -1.22. The summed E-state index contributed by atoms with van der Waals surface area (Å²) >= 11 is 1.32. The van der Waals surface area contributed by atoms with Crippen molar-refractivity contribution in [3.63, 3.8) is 0 Å². The Morgan fingerprint density at radius 1 is 0.963 bits per heavy atom. The van der Waals surface area contributed by atoms with Crippen LogP contribution in [0.2, 0.25) is 0 Å². The summed E-state index contributed by atoms with van der Waals surface area (Å²) in [5, 5.41) is -0.515. The van der Waals surface area contributed by atoms with Gasteiger partial charge in [0.2, 0.25) is 0 Å². The van der Waals surface area contributed by atoms with E-state index in [-0.39, 0.29) is 12.1 Å². The zero-order valence-corrected chi connectivity index (χ0v) is 17.6. The van der Waals surface area contributed by atoms with E-state index in [1.54, 1.807) is 40.7 Å². The second-order valence-corrected chi connectivity index (χ2v) is 12.7. The Balaban J connectivity index is 1.61. The lowest BCUT2D eigenvalue weighted by molar-refractivity contribution is 0.249. The van der Waals surface area contributed by atoms with Crippen LogP contribution in [0.15, 0.2) is 51.6 Å². The highest BCUT2D eigenvalue weighted by molar-refractivity contribution is 7.92. The molecule has 3 heterocycles. The Kier molecular flexibility index (Phi) is 4.95. The van der Waals surface area contributed by atoms with Crippen molar-refractivity contribution < 1.29 is 16.8 Å². The Morgan fingerprint density at radius 2 is 1.59 bits per heavy atom. The average molecular weight is 426 g/mol. The zero-order chi connectivity index (χ0) is 19.2. The number of thiophene rings is 1. The highest BCUT2D eigenvalue weighted by Gasteiger charge is 2.50. The Bertz CT molecular complexity index is 1010. The molecular weight excluding hydrogens is 402 g/mol. The minimum absolute atomic E-state index is 0.232. The summed E-state index contributed by atoms with van der Waals surface area (Å²) in [5.74, 6) is 0. The summed E-state index contributed by atoms with van der Waals surface area (Å²) in [5.41, 5.74) is 0. The van der Waals surface area contributed by atoms with Crippen molar-refractivity contribution in [3.8, 4) is 0 Å². The van der Waals surface area contributed by atoms with Crippen LogP contribution < -0.4 is 0 Å². The molecule has 0 radical (unpaired) electrons. The molecule has 27 heavy (non-hydrogen) atoms. The Morgan fingerprint density at radius 3 is 2.15 bits per heavy atom. The normalized spacial score (nSPS) is 26.3. The zero-order valence-electron chi connectivity index (χ0n) is 15.1. The van der Waals surface area contributed by atoms with Crippen LogP contribution in [0, 0.1) is 0 Å².